The highest BCUT2D eigenvalue weighted by atomic mass is 16.5. The Morgan fingerprint density at radius 1 is 1.21 bits per heavy atom. The molecule has 4 heterocycles. The zero-order chi connectivity index (χ0) is 30.7. The Morgan fingerprint density at radius 3 is 2.70 bits per heavy atom. The molecular weight excluding hydrogens is 550 g/mol. The van der Waals surface area contributed by atoms with Crippen molar-refractivity contribution in [3.63, 3.8) is 0 Å². The lowest BCUT2D eigenvalue weighted by Gasteiger charge is -2.39. The first-order valence-corrected chi connectivity index (χ1v) is 14.8. The van der Waals surface area contributed by atoms with Gasteiger partial charge in [-0.15, -0.1) is 0 Å². The van der Waals surface area contributed by atoms with Crippen LogP contribution in [0.2, 0.25) is 0 Å². The molecule has 0 bridgehead atoms. The molecule has 43 heavy (non-hydrogen) atoms. The van der Waals surface area contributed by atoms with E-state index in [-0.39, 0.29) is 36.0 Å². The van der Waals surface area contributed by atoms with E-state index in [9.17, 15) is 14.7 Å². The number of hydrogen-bond donors (Lipinski definition) is 3. The number of anilines is 1. The molecule has 1 aromatic carbocycles. The van der Waals surface area contributed by atoms with E-state index in [1.807, 2.05) is 26.8 Å². The van der Waals surface area contributed by atoms with E-state index in [2.05, 4.69) is 43.5 Å². The summed E-state index contributed by atoms with van der Waals surface area (Å²) in [7, 11) is 0. The van der Waals surface area contributed by atoms with E-state index < -0.39 is 6.10 Å². The fourth-order valence-electron chi connectivity index (χ4n) is 5.41. The van der Waals surface area contributed by atoms with Crippen molar-refractivity contribution in [1.82, 2.24) is 30.1 Å². The lowest BCUT2D eigenvalue weighted by Crippen LogP contribution is -2.56. The Bertz CT molecular complexity index is 1470. The number of fused-ring (bicyclic) bond motifs is 1. The van der Waals surface area contributed by atoms with Crippen molar-refractivity contribution >= 4 is 17.6 Å². The van der Waals surface area contributed by atoms with E-state index in [4.69, 9.17) is 9.15 Å². The van der Waals surface area contributed by atoms with Crippen LogP contribution in [0.4, 0.5) is 5.82 Å². The average Bonchev–Trinajstić information content (AvgIpc) is 3.37. The van der Waals surface area contributed by atoms with Crippen LogP contribution in [0, 0.1) is 13.8 Å². The highest BCUT2D eigenvalue weighted by Gasteiger charge is 2.29. The van der Waals surface area contributed by atoms with Gasteiger partial charge < -0.3 is 29.8 Å². The summed E-state index contributed by atoms with van der Waals surface area (Å²) in [5, 5.41) is 16.9. The quantitative estimate of drug-likeness (QED) is 0.304. The van der Waals surface area contributed by atoms with E-state index in [0.717, 1.165) is 35.7 Å². The predicted octanol–water partition coefficient (Wildman–Crippen LogP) is 2.58. The second-order valence-corrected chi connectivity index (χ2v) is 11.7. The molecule has 12 nitrogen and oxygen atoms in total. The van der Waals surface area contributed by atoms with E-state index >= 15 is 0 Å². The summed E-state index contributed by atoms with van der Waals surface area (Å²) in [6, 6.07) is 5.77. The molecule has 2 aliphatic rings. The van der Waals surface area contributed by atoms with Gasteiger partial charge in [-0.1, -0.05) is 19.9 Å². The fraction of sp³-hybridized carbons (Fsp3) is 0.516. The van der Waals surface area contributed by atoms with Crippen LogP contribution in [-0.4, -0.2) is 86.5 Å². The number of β-amino-alcohol motifs (C(OH)–C–C–N with tert-alkyl or cyclic N) is 1. The van der Waals surface area contributed by atoms with Gasteiger partial charge in [0, 0.05) is 58.2 Å². The van der Waals surface area contributed by atoms with Crippen LogP contribution in [0.3, 0.4) is 0 Å². The molecule has 0 saturated carbocycles. The fourth-order valence-corrected chi connectivity index (χ4v) is 5.41. The standard InChI is InChI=1S/C31H41N7O5/c1-18(2)30-35-26(10-29(36-30)34-23-13-38(14-23)21(5)39)31(41)32-11-24(40)15-37-9-8-25-19(3)27(7-6-22(25)12-37)42-16-28-20(4)33-17-43-28/h6-7,10,17-18,23-24,40H,8-9,11-16H2,1-5H3,(H,32,41)(H,34,35,36). The normalized spacial score (nSPS) is 16.0. The van der Waals surface area contributed by atoms with Crippen LogP contribution in [-0.2, 0) is 24.4 Å². The summed E-state index contributed by atoms with van der Waals surface area (Å²) in [4.78, 5) is 41.6. The number of rotatable bonds is 11. The van der Waals surface area contributed by atoms with Gasteiger partial charge in [-0.3, -0.25) is 14.5 Å². The maximum atomic E-state index is 13.0. The van der Waals surface area contributed by atoms with Crippen molar-refractivity contribution in [2.75, 3.05) is 38.0 Å². The monoisotopic (exact) mass is 591 g/mol. The molecule has 0 spiro atoms. The third-order valence-electron chi connectivity index (χ3n) is 8.06. The first-order valence-electron chi connectivity index (χ1n) is 14.8. The highest BCUT2D eigenvalue weighted by molar-refractivity contribution is 5.93. The van der Waals surface area contributed by atoms with Gasteiger partial charge >= 0.3 is 0 Å². The highest BCUT2D eigenvalue weighted by Crippen LogP contribution is 2.30. The third kappa shape index (κ3) is 7.31. The molecule has 1 atom stereocenters. The number of carbonyl (C=O) groups is 2. The Kier molecular flexibility index (Phi) is 9.26. The maximum absolute atomic E-state index is 13.0. The minimum Gasteiger partial charge on any atom is -0.485 e. The first-order chi connectivity index (χ1) is 20.6. The smallest absolute Gasteiger partial charge is 0.270 e. The van der Waals surface area contributed by atoms with Gasteiger partial charge in [-0.25, -0.2) is 15.0 Å². The van der Waals surface area contributed by atoms with Crippen LogP contribution in [0.1, 0.15) is 71.1 Å². The Hall–Kier alpha value is -4.03. The number of aromatic nitrogens is 3. The molecule has 3 aromatic rings. The van der Waals surface area contributed by atoms with Crippen molar-refractivity contribution in [2.24, 2.45) is 0 Å². The van der Waals surface area contributed by atoms with Crippen LogP contribution < -0.4 is 15.4 Å². The number of aliphatic hydroxyl groups is 1. The van der Waals surface area contributed by atoms with Crippen LogP contribution in [0.5, 0.6) is 5.75 Å². The predicted molar refractivity (Wildman–Crippen MR) is 160 cm³/mol. The van der Waals surface area contributed by atoms with Gasteiger partial charge in [0.2, 0.25) is 5.91 Å². The second-order valence-electron chi connectivity index (χ2n) is 11.7. The number of likely N-dealkylation sites (tertiary alicyclic amines) is 1. The number of carbonyl (C=O) groups excluding carboxylic acids is 2. The molecule has 0 aliphatic carbocycles. The molecule has 3 N–H and O–H groups in total. The lowest BCUT2D eigenvalue weighted by atomic mass is 9.94. The number of amides is 2. The van der Waals surface area contributed by atoms with Crippen molar-refractivity contribution in [2.45, 2.75) is 72.3 Å². The van der Waals surface area contributed by atoms with Gasteiger partial charge in [0.25, 0.3) is 5.91 Å². The summed E-state index contributed by atoms with van der Waals surface area (Å²) < 4.78 is 11.4. The Labute approximate surface area is 251 Å². The van der Waals surface area contributed by atoms with Crippen LogP contribution >= 0.6 is 0 Å². The summed E-state index contributed by atoms with van der Waals surface area (Å²) >= 11 is 0. The molecule has 2 aliphatic heterocycles. The number of ether oxygens (including phenoxy) is 1. The molecule has 12 heteroatoms. The van der Waals surface area contributed by atoms with E-state index in [1.165, 1.54) is 17.5 Å². The number of nitrogens with zero attached hydrogens (tertiary/aromatic N) is 5. The Balaban J connectivity index is 1.13. The average molecular weight is 592 g/mol. The number of oxazole rings is 1. The van der Waals surface area contributed by atoms with Gasteiger partial charge in [0.15, 0.2) is 12.2 Å². The van der Waals surface area contributed by atoms with Crippen molar-refractivity contribution in [1.29, 1.82) is 0 Å². The first kappa shape index (κ1) is 30.4. The summed E-state index contributed by atoms with van der Waals surface area (Å²) in [5.74, 6) is 2.37. The van der Waals surface area contributed by atoms with Crippen molar-refractivity contribution in [3.8, 4) is 5.75 Å². The number of aliphatic hydroxyl groups excluding tert-OH is 1. The third-order valence-corrected chi connectivity index (χ3v) is 8.06. The second kappa shape index (κ2) is 13.1. The van der Waals surface area contributed by atoms with Gasteiger partial charge in [-0.05, 0) is 43.0 Å². The molecule has 2 amide bonds. The topological polar surface area (TPSA) is 146 Å². The molecule has 1 fully saturated rings. The summed E-state index contributed by atoms with van der Waals surface area (Å²) in [6.45, 7) is 13.0. The minimum absolute atomic E-state index is 0.0276. The van der Waals surface area contributed by atoms with Gasteiger partial charge in [0.1, 0.15) is 29.7 Å². The zero-order valence-corrected chi connectivity index (χ0v) is 25.5. The van der Waals surface area contributed by atoms with E-state index in [0.29, 0.717) is 44.4 Å². The number of benzene rings is 1. The molecule has 230 valence electrons. The molecular formula is C31H41N7O5. The minimum atomic E-state index is -0.740. The zero-order valence-electron chi connectivity index (χ0n) is 25.5. The number of aryl methyl sites for hydroxylation is 1. The summed E-state index contributed by atoms with van der Waals surface area (Å²) in [5.41, 5.74) is 4.68. The maximum Gasteiger partial charge on any atom is 0.270 e. The molecule has 2 aromatic heterocycles. The molecule has 5 rings (SSSR count). The molecule has 1 unspecified atom stereocenters. The Morgan fingerprint density at radius 2 is 2.00 bits per heavy atom. The molecule has 0 radical (unpaired) electrons. The van der Waals surface area contributed by atoms with Crippen LogP contribution in [0.15, 0.2) is 29.0 Å². The van der Waals surface area contributed by atoms with Gasteiger partial charge in [0.05, 0.1) is 17.8 Å². The van der Waals surface area contributed by atoms with Crippen LogP contribution in [0.25, 0.3) is 0 Å². The number of hydrogen-bond acceptors (Lipinski definition) is 10. The largest absolute Gasteiger partial charge is 0.485 e. The summed E-state index contributed by atoms with van der Waals surface area (Å²) in [6.07, 6.45) is 1.53. The molecule has 1 saturated heterocycles. The number of nitrogens with one attached hydrogen (secondary N) is 2. The van der Waals surface area contributed by atoms with Gasteiger partial charge in [-0.2, -0.15) is 0 Å². The SMILES string of the molecule is CC(=O)N1CC(Nc2cc(C(=O)NCC(O)CN3CCc4c(ccc(OCc5ocnc5C)c4C)C3)nc(C(C)C)n2)C1. The van der Waals surface area contributed by atoms with Crippen molar-refractivity contribution < 1.29 is 23.8 Å². The van der Waals surface area contributed by atoms with Crippen molar-refractivity contribution in [3.05, 3.63) is 64.3 Å². The van der Waals surface area contributed by atoms with E-state index in [1.54, 1.807) is 17.9 Å². The lowest BCUT2D eigenvalue weighted by molar-refractivity contribution is -0.132.